The molecule has 0 bridgehead atoms. The Bertz CT molecular complexity index is 937. The Morgan fingerprint density at radius 1 is 1.11 bits per heavy atom. The zero-order chi connectivity index (χ0) is 19.4. The molecule has 3 N–H and O–H groups in total. The summed E-state index contributed by atoms with van der Waals surface area (Å²) in [5, 5.41) is 24.7. The van der Waals surface area contributed by atoms with Crippen LogP contribution in [0.5, 0.6) is 0 Å². The Hall–Kier alpha value is -2.41. The van der Waals surface area contributed by atoms with Crippen molar-refractivity contribution in [3.8, 4) is 0 Å². The number of halogens is 2. The Morgan fingerprint density at radius 3 is 2.44 bits per heavy atom. The van der Waals surface area contributed by atoms with E-state index >= 15 is 0 Å². The quantitative estimate of drug-likeness (QED) is 0.480. The predicted molar refractivity (Wildman–Crippen MR) is 108 cm³/mol. The number of hydrogen-bond acceptors (Lipinski definition) is 4. The molecule has 1 aromatic heterocycles. The van der Waals surface area contributed by atoms with Crippen LogP contribution >= 0.6 is 27.5 Å². The van der Waals surface area contributed by atoms with E-state index in [4.69, 9.17) is 11.6 Å². The number of carboxylic acids is 1. The van der Waals surface area contributed by atoms with E-state index in [9.17, 15) is 15.0 Å². The Labute approximate surface area is 169 Å². The molecule has 0 aliphatic heterocycles. The second-order valence-electron chi connectivity index (χ2n) is 5.94. The van der Waals surface area contributed by atoms with Gasteiger partial charge in [-0.05, 0) is 29.8 Å². The van der Waals surface area contributed by atoms with Crippen LogP contribution in [-0.4, -0.2) is 21.2 Å². The second-order valence-corrected chi connectivity index (χ2v) is 7.24. The number of carboxylic acid groups (broad SMARTS) is 1. The van der Waals surface area contributed by atoms with Gasteiger partial charge in [0.25, 0.3) is 0 Å². The van der Waals surface area contributed by atoms with Gasteiger partial charge in [0.05, 0.1) is 6.04 Å². The molecule has 5 nitrogen and oxygen atoms in total. The number of aliphatic carboxylic acids is 1. The van der Waals surface area contributed by atoms with Crippen molar-refractivity contribution in [2.75, 3.05) is 5.32 Å². The van der Waals surface area contributed by atoms with Gasteiger partial charge in [-0.15, -0.1) is 0 Å². The lowest BCUT2D eigenvalue weighted by atomic mass is 9.83. The summed E-state index contributed by atoms with van der Waals surface area (Å²) in [6, 6.07) is 18.1. The van der Waals surface area contributed by atoms with Crippen molar-refractivity contribution in [3.05, 3.63) is 93.7 Å². The molecule has 0 fully saturated rings. The summed E-state index contributed by atoms with van der Waals surface area (Å²) in [5.41, 5.74) is -0.894. The summed E-state index contributed by atoms with van der Waals surface area (Å²) < 4.78 is 0.825. The van der Waals surface area contributed by atoms with E-state index in [2.05, 4.69) is 26.2 Å². The number of nitrogens with zero attached hydrogens (tertiary/aromatic N) is 1. The molecule has 3 rings (SSSR count). The number of hydrogen-bond donors (Lipinski definition) is 3. The molecule has 3 aromatic rings. The van der Waals surface area contributed by atoms with Gasteiger partial charge in [-0.2, -0.15) is 0 Å². The number of nitrogens with one attached hydrogen (secondary N) is 1. The Kier molecular flexibility index (Phi) is 5.79. The summed E-state index contributed by atoms with van der Waals surface area (Å²) in [4.78, 5) is 16.2. The number of benzene rings is 2. The smallest absolute Gasteiger partial charge is 0.343 e. The molecule has 7 heteroatoms. The highest BCUT2D eigenvalue weighted by molar-refractivity contribution is 9.10. The minimum Gasteiger partial charge on any atom is -0.479 e. The first-order chi connectivity index (χ1) is 12.9. The van der Waals surface area contributed by atoms with Gasteiger partial charge < -0.3 is 15.5 Å². The third-order valence-corrected chi connectivity index (χ3v) is 4.90. The zero-order valence-electron chi connectivity index (χ0n) is 14.0. The highest BCUT2D eigenvalue weighted by Crippen LogP contribution is 2.38. The number of aromatic nitrogens is 1. The fraction of sp³-hybridized carbons (Fsp3) is 0.100. The van der Waals surface area contributed by atoms with E-state index in [1.54, 1.807) is 36.4 Å². The molecule has 0 aliphatic rings. The van der Waals surface area contributed by atoms with Gasteiger partial charge in [0, 0.05) is 21.9 Å². The molecular formula is C20H16BrClN2O3. The van der Waals surface area contributed by atoms with E-state index in [-0.39, 0.29) is 10.7 Å². The molecule has 2 aromatic carbocycles. The summed E-state index contributed by atoms with van der Waals surface area (Å²) in [6.45, 7) is 0. The first kappa shape index (κ1) is 19.4. The topological polar surface area (TPSA) is 82.5 Å². The highest BCUT2D eigenvalue weighted by atomic mass is 79.9. The van der Waals surface area contributed by atoms with Crippen molar-refractivity contribution in [1.29, 1.82) is 0 Å². The standard InChI is InChI=1S/C20H16BrClN2O3/c21-15-7-4-8-16(11-15)24-18(13-5-2-1-3-6-13)20(27,19(25)26)14-9-10-17(22)23-12-14/h1-12,18,24,27H,(H,25,26). The van der Waals surface area contributed by atoms with Gasteiger partial charge >= 0.3 is 5.97 Å². The molecule has 1 heterocycles. The summed E-state index contributed by atoms with van der Waals surface area (Å²) >= 11 is 9.22. The Balaban J connectivity index is 2.14. The van der Waals surface area contributed by atoms with Gasteiger partial charge in [0.15, 0.2) is 0 Å². The van der Waals surface area contributed by atoms with Crippen LogP contribution in [-0.2, 0) is 10.4 Å². The fourth-order valence-electron chi connectivity index (χ4n) is 2.83. The highest BCUT2D eigenvalue weighted by Gasteiger charge is 2.47. The largest absolute Gasteiger partial charge is 0.479 e. The fourth-order valence-corrected chi connectivity index (χ4v) is 3.35. The summed E-state index contributed by atoms with van der Waals surface area (Å²) in [6.07, 6.45) is 1.27. The SMILES string of the molecule is O=C(O)C(O)(c1ccc(Cl)nc1)C(Nc1cccc(Br)c1)c1ccccc1. The van der Waals surface area contributed by atoms with Gasteiger partial charge in [0.2, 0.25) is 5.60 Å². The first-order valence-corrected chi connectivity index (χ1v) is 9.23. The van der Waals surface area contributed by atoms with Crippen LogP contribution in [0.15, 0.2) is 77.4 Å². The number of aliphatic hydroxyl groups is 1. The Morgan fingerprint density at radius 2 is 1.85 bits per heavy atom. The van der Waals surface area contributed by atoms with Crippen LogP contribution in [0.3, 0.4) is 0 Å². The molecule has 0 radical (unpaired) electrons. The van der Waals surface area contributed by atoms with Crippen molar-refractivity contribution in [2.24, 2.45) is 0 Å². The molecule has 0 amide bonds. The first-order valence-electron chi connectivity index (χ1n) is 8.06. The molecule has 2 unspecified atom stereocenters. The third kappa shape index (κ3) is 4.13. The van der Waals surface area contributed by atoms with Crippen molar-refractivity contribution in [3.63, 3.8) is 0 Å². The molecule has 27 heavy (non-hydrogen) atoms. The van der Waals surface area contributed by atoms with E-state index in [0.29, 0.717) is 11.3 Å². The van der Waals surface area contributed by atoms with Gasteiger partial charge in [-0.3, -0.25) is 0 Å². The maximum atomic E-state index is 12.2. The number of carbonyl (C=O) groups is 1. The van der Waals surface area contributed by atoms with Crippen molar-refractivity contribution in [2.45, 2.75) is 11.6 Å². The molecular weight excluding hydrogens is 432 g/mol. The number of anilines is 1. The maximum absolute atomic E-state index is 12.2. The van der Waals surface area contributed by atoms with E-state index in [0.717, 1.165) is 4.47 Å². The predicted octanol–water partition coefficient (Wildman–Crippen LogP) is 4.62. The van der Waals surface area contributed by atoms with Crippen LogP contribution in [0.1, 0.15) is 17.2 Å². The van der Waals surface area contributed by atoms with Crippen molar-refractivity contribution in [1.82, 2.24) is 4.98 Å². The van der Waals surface area contributed by atoms with E-state index in [1.165, 1.54) is 18.3 Å². The monoisotopic (exact) mass is 446 g/mol. The lowest BCUT2D eigenvalue weighted by Crippen LogP contribution is -2.45. The van der Waals surface area contributed by atoms with Crippen molar-refractivity contribution >= 4 is 39.2 Å². The lowest BCUT2D eigenvalue weighted by molar-refractivity contribution is -0.161. The minimum atomic E-state index is -2.28. The second kappa shape index (κ2) is 8.08. The molecule has 0 saturated heterocycles. The molecule has 0 aliphatic carbocycles. The maximum Gasteiger partial charge on any atom is 0.343 e. The van der Waals surface area contributed by atoms with Crippen LogP contribution in [0.25, 0.3) is 0 Å². The normalized spacial score (nSPS) is 14.2. The lowest BCUT2D eigenvalue weighted by Gasteiger charge is -2.34. The third-order valence-electron chi connectivity index (χ3n) is 4.18. The average Bonchev–Trinajstić information content (AvgIpc) is 2.67. The van der Waals surface area contributed by atoms with E-state index in [1.807, 2.05) is 18.2 Å². The summed E-state index contributed by atoms with van der Waals surface area (Å²) in [5.74, 6) is -1.40. The molecule has 0 spiro atoms. The van der Waals surface area contributed by atoms with Crippen molar-refractivity contribution < 1.29 is 15.0 Å². The molecule has 2 atom stereocenters. The molecule has 138 valence electrons. The average molecular weight is 448 g/mol. The van der Waals surface area contributed by atoms with Crippen LogP contribution < -0.4 is 5.32 Å². The zero-order valence-corrected chi connectivity index (χ0v) is 16.4. The number of pyridine rings is 1. The summed E-state index contributed by atoms with van der Waals surface area (Å²) in [7, 11) is 0. The van der Waals surface area contributed by atoms with E-state index < -0.39 is 17.6 Å². The molecule has 0 saturated carbocycles. The van der Waals surface area contributed by atoms with Gasteiger partial charge in [-0.1, -0.05) is 70.0 Å². The minimum absolute atomic E-state index is 0.121. The van der Waals surface area contributed by atoms with Gasteiger partial charge in [-0.25, -0.2) is 9.78 Å². The number of rotatable bonds is 6. The van der Waals surface area contributed by atoms with Gasteiger partial charge in [0.1, 0.15) is 5.15 Å². The van der Waals surface area contributed by atoms with Crippen LogP contribution in [0.4, 0.5) is 5.69 Å². The van der Waals surface area contributed by atoms with Crippen LogP contribution in [0, 0.1) is 0 Å². The van der Waals surface area contributed by atoms with Crippen LogP contribution in [0.2, 0.25) is 5.15 Å².